The molecule has 33 heavy (non-hydrogen) atoms. The van der Waals surface area contributed by atoms with E-state index in [2.05, 4.69) is 49.0 Å². The molecular weight excluding hydrogens is 414 g/mol. The minimum atomic E-state index is -0.00367. The lowest BCUT2D eigenvalue weighted by Crippen LogP contribution is -2.39. The molecule has 1 saturated heterocycles. The monoisotopic (exact) mass is 443 g/mol. The summed E-state index contributed by atoms with van der Waals surface area (Å²) in [5.74, 6) is 1.37. The summed E-state index contributed by atoms with van der Waals surface area (Å²) >= 11 is 0. The Bertz CT molecular complexity index is 1280. The standard InChI is InChI=1S/C25H29N7O/c1-17-7-9-21(10-8-17)32-19(3)24(18(2)29-32)26-23(33)16-30-14-11-20(12-15-30)25-28-27-22-6-4-5-13-31(22)25/h4-10,13,20H,11-12,14-16H2,1-3H3,(H,26,33). The molecule has 1 aliphatic rings. The average molecular weight is 444 g/mol. The molecular formula is C25H29N7O. The predicted octanol–water partition coefficient (Wildman–Crippen LogP) is 3.66. The van der Waals surface area contributed by atoms with E-state index in [0.29, 0.717) is 12.5 Å². The maximum absolute atomic E-state index is 12.8. The second kappa shape index (κ2) is 8.78. The molecule has 0 spiro atoms. The van der Waals surface area contributed by atoms with E-state index in [1.165, 1.54) is 5.56 Å². The number of hydrogen-bond donors (Lipinski definition) is 1. The zero-order valence-corrected chi connectivity index (χ0v) is 19.3. The fraction of sp³-hybridized carbons (Fsp3) is 0.360. The lowest BCUT2D eigenvalue weighted by molar-refractivity contribution is -0.117. The molecule has 8 heteroatoms. The van der Waals surface area contributed by atoms with Crippen molar-refractivity contribution in [2.75, 3.05) is 25.0 Å². The second-order valence-electron chi connectivity index (χ2n) is 8.88. The highest BCUT2D eigenvalue weighted by atomic mass is 16.2. The molecule has 8 nitrogen and oxygen atoms in total. The van der Waals surface area contributed by atoms with Gasteiger partial charge in [-0.2, -0.15) is 5.10 Å². The molecule has 1 amide bonds. The van der Waals surface area contributed by atoms with E-state index in [1.54, 1.807) is 0 Å². The second-order valence-corrected chi connectivity index (χ2v) is 8.88. The number of aromatic nitrogens is 5. The SMILES string of the molecule is Cc1ccc(-n2nc(C)c(NC(=O)CN3CCC(c4nnc5ccccn45)CC3)c2C)cc1. The van der Waals surface area contributed by atoms with Crippen LogP contribution in [0.1, 0.15) is 41.5 Å². The van der Waals surface area contributed by atoms with Gasteiger partial charge in [0.15, 0.2) is 5.65 Å². The smallest absolute Gasteiger partial charge is 0.238 e. The van der Waals surface area contributed by atoms with Gasteiger partial charge in [0, 0.05) is 12.1 Å². The number of amides is 1. The maximum atomic E-state index is 12.8. The number of piperidine rings is 1. The lowest BCUT2D eigenvalue weighted by Gasteiger charge is -2.30. The molecule has 5 rings (SSSR count). The van der Waals surface area contributed by atoms with Crippen LogP contribution in [0.5, 0.6) is 0 Å². The third-order valence-corrected chi connectivity index (χ3v) is 6.49. The Labute approximate surface area is 193 Å². The van der Waals surface area contributed by atoms with Crippen molar-refractivity contribution in [3.63, 3.8) is 0 Å². The Kier molecular flexibility index (Phi) is 5.68. The number of pyridine rings is 1. The number of anilines is 1. The number of hydrogen-bond acceptors (Lipinski definition) is 5. The Morgan fingerprint density at radius 3 is 2.55 bits per heavy atom. The zero-order chi connectivity index (χ0) is 22.9. The first kappa shape index (κ1) is 21.3. The van der Waals surface area contributed by atoms with Gasteiger partial charge in [-0.3, -0.25) is 14.1 Å². The number of benzene rings is 1. The Morgan fingerprint density at radius 2 is 1.79 bits per heavy atom. The molecule has 0 bridgehead atoms. The first-order valence-electron chi connectivity index (χ1n) is 11.4. The Balaban J connectivity index is 1.20. The van der Waals surface area contributed by atoms with Crippen LogP contribution in [0.25, 0.3) is 11.3 Å². The summed E-state index contributed by atoms with van der Waals surface area (Å²) in [5, 5.41) is 16.4. The Hall–Kier alpha value is -3.52. The van der Waals surface area contributed by atoms with E-state index in [0.717, 1.165) is 60.2 Å². The van der Waals surface area contributed by atoms with Crippen LogP contribution in [0.2, 0.25) is 0 Å². The van der Waals surface area contributed by atoms with Gasteiger partial charge in [0.05, 0.1) is 29.3 Å². The first-order chi connectivity index (χ1) is 16.0. The number of carbonyl (C=O) groups is 1. The lowest BCUT2D eigenvalue weighted by atomic mass is 9.96. The Morgan fingerprint density at radius 1 is 1.03 bits per heavy atom. The number of aryl methyl sites for hydroxylation is 2. The van der Waals surface area contributed by atoms with Gasteiger partial charge in [0.2, 0.25) is 5.91 Å². The molecule has 3 aromatic heterocycles. The minimum absolute atomic E-state index is 0.00367. The number of nitrogens with zero attached hydrogens (tertiary/aromatic N) is 6. The van der Waals surface area contributed by atoms with Crippen LogP contribution in [0.15, 0.2) is 48.7 Å². The van der Waals surface area contributed by atoms with Crippen LogP contribution >= 0.6 is 0 Å². The molecule has 4 aromatic rings. The van der Waals surface area contributed by atoms with Gasteiger partial charge in [0.25, 0.3) is 0 Å². The van der Waals surface area contributed by atoms with Crippen molar-refractivity contribution >= 4 is 17.2 Å². The summed E-state index contributed by atoms with van der Waals surface area (Å²) in [6.45, 7) is 8.09. The van der Waals surface area contributed by atoms with Crippen molar-refractivity contribution in [2.24, 2.45) is 0 Å². The van der Waals surface area contributed by atoms with Gasteiger partial charge >= 0.3 is 0 Å². The number of carbonyl (C=O) groups excluding carboxylic acids is 1. The molecule has 0 aliphatic carbocycles. The fourth-order valence-corrected chi connectivity index (χ4v) is 4.63. The van der Waals surface area contributed by atoms with Gasteiger partial charge in [-0.25, -0.2) is 4.68 Å². The number of rotatable bonds is 5. The van der Waals surface area contributed by atoms with E-state index in [9.17, 15) is 4.79 Å². The molecule has 0 saturated carbocycles. The van der Waals surface area contributed by atoms with Crippen LogP contribution in [0.3, 0.4) is 0 Å². The molecule has 1 aromatic carbocycles. The van der Waals surface area contributed by atoms with E-state index in [1.807, 2.05) is 55.1 Å². The summed E-state index contributed by atoms with van der Waals surface area (Å²) in [5.41, 5.74) is 5.62. The topological polar surface area (TPSA) is 80.3 Å². The summed E-state index contributed by atoms with van der Waals surface area (Å²) < 4.78 is 3.96. The van der Waals surface area contributed by atoms with Crippen LogP contribution in [-0.4, -0.2) is 54.8 Å². The third-order valence-electron chi connectivity index (χ3n) is 6.49. The van der Waals surface area contributed by atoms with Crippen molar-refractivity contribution < 1.29 is 4.79 Å². The highest BCUT2D eigenvalue weighted by Gasteiger charge is 2.26. The predicted molar refractivity (Wildman–Crippen MR) is 128 cm³/mol. The average Bonchev–Trinajstić information content (AvgIpc) is 3.37. The highest BCUT2D eigenvalue weighted by molar-refractivity contribution is 5.93. The van der Waals surface area contributed by atoms with Gasteiger partial charge in [0.1, 0.15) is 5.82 Å². The van der Waals surface area contributed by atoms with E-state index >= 15 is 0 Å². The zero-order valence-electron chi connectivity index (χ0n) is 19.3. The normalized spacial score (nSPS) is 15.2. The molecule has 0 atom stereocenters. The van der Waals surface area contributed by atoms with Gasteiger partial charge in [-0.1, -0.05) is 23.8 Å². The van der Waals surface area contributed by atoms with E-state index < -0.39 is 0 Å². The number of fused-ring (bicyclic) bond motifs is 1. The van der Waals surface area contributed by atoms with Crippen LogP contribution in [0.4, 0.5) is 5.69 Å². The summed E-state index contributed by atoms with van der Waals surface area (Å²) in [6, 6.07) is 14.2. The van der Waals surface area contributed by atoms with Crippen molar-refractivity contribution in [1.29, 1.82) is 0 Å². The number of likely N-dealkylation sites (tertiary alicyclic amines) is 1. The summed E-state index contributed by atoms with van der Waals surface area (Å²) in [7, 11) is 0. The van der Waals surface area contributed by atoms with Gasteiger partial charge in [-0.15, -0.1) is 10.2 Å². The highest BCUT2D eigenvalue weighted by Crippen LogP contribution is 2.27. The third kappa shape index (κ3) is 4.26. The van der Waals surface area contributed by atoms with Crippen LogP contribution < -0.4 is 5.32 Å². The van der Waals surface area contributed by atoms with Crippen molar-refractivity contribution in [3.8, 4) is 5.69 Å². The molecule has 1 fully saturated rings. The molecule has 1 aliphatic heterocycles. The van der Waals surface area contributed by atoms with Crippen molar-refractivity contribution in [1.82, 2.24) is 29.3 Å². The van der Waals surface area contributed by atoms with Crippen molar-refractivity contribution in [3.05, 3.63) is 71.4 Å². The van der Waals surface area contributed by atoms with Crippen LogP contribution in [0, 0.1) is 20.8 Å². The minimum Gasteiger partial charge on any atom is -0.322 e. The van der Waals surface area contributed by atoms with E-state index in [-0.39, 0.29) is 5.91 Å². The van der Waals surface area contributed by atoms with Crippen LogP contribution in [-0.2, 0) is 4.79 Å². The fourth-order valence-electron chi connectivity index (χ4n) is 4.63. The van der Waals surface area contributed by atoms with Crippen molar-refractivity contribution in [2.45, 2.75) is 39.5 Å². The molecule has 0 unspecified atom stereocenters. The van der Waals surface area contributed by atoms with E-state index in [4.69, 9.17) is 0 Å². The number of nitrogens with one attached hydrogen (secondary N) is 1. The molecule has 0 radical (unpaired) electrons. The summed E-state index contributed by atoms with van der Waals surface area (Å²) in [6.07, 6.45) is 3.95. The first-order valence-corrected chi connectivity index (χ1v) is 11.4. The summed E-state index contributed by atoms with van der Waals surface area (Å²) in [4.78, 5) is 15.1. The largest absolute Gasteiger partial charge is 0.322 e. The van der Waals surface area contributed by atoms with Gasteiger partial charge in [-0.05, 0) is 71.0 Å². The maximum Gasteiger partial charge on any atom is 0.238 e. The molecule has 4 heterocycles. The molecule has 170 valence electrons. The van der Waals surface area contributed by atoms with Gasteiger partial charge < -0.3 is 5.32 Å². The quantitative estimate of drug-likeness (QED) is 0.509. The molecule has 1 N–H and O–H groups in total.